The van der Waals surface area contributed by atoms with Gasteiger partial charge in [-0.25, -0.2) is 8.42 Å². The minimum Gasteiger partial charge on any atom is -0.494 e. The van der Waals surface area contributed by atoms with E-state index < -0.39 is 28.5 Å². The van der Waals surface area contributed by atoms with Crippen molar-refractivity contribution in [2.24, 2.45) is 0 Å². The first-order valence-corrected chi connectivity index (χ1v) is 14.6. The van der Waals surface area contributed by atoms with Gasteiger partial charge < -0.3 is 15.0 Å². The summed E-state index contributed by atoms with van der Waals surface area (Å²) in [5, 5.41) is 3.34. The van der Waals surface area contributed by atoms with Crippen LogP contribution in [0.1, 0.15) is 25.8 Å². The smallest absolute Gasteiger partial charge is 0.264 e. The van der Waals surface area contributed by atoms with Crippen molar-refractivity contribution in [3.63, 3.8) is 0 Å². The highest BCUT2D eigenvalue weighted by Gasteiger charge is 2.33. The molecule has 0 aliphatic rings. The van der Waals surface area contributed by atoms with Crippen LogP contribution in [0.4, 0.5) is 5.69 Å². The number of halogens is 2. The molecular weight excluding hydrogens is 561 g/mol. The van der Waals surface area contributed by atoms with Gasteiger partial charge in [0.15, 0.2) is 0 Å². The van der Waals surface area contributed by atoms with Crippen LogP contribution in [0.15, 0.2) is 77.7 Å². The van der Waals surface area contributed by atoms with E-state index in [4.69, 9.17) is 27.9 Å². The lowest BCUT2D eigenvalue weighted by molar-refractivity contribution is -0.140. The van der Waals surface area contributed by atoms with Crippen LogP contribution in [0.25, 0.3) is 0 Å². The minimum absolute atomic E-state index is 0.0245. The van der Waals surface area contributed by atoms with Gasteiger partial charge in [0, 0.05) is 23.6 Å². The highest BCUT2D eigenvalue weighted by atomic mass is 35.5. The monoisotopic (exact) mass is 591 g/mol. The number of carbonyl (C=O) groups excluding carboxylic acids is 2. The molecule has 0 bridgehead atoms. The fourth-order valence-corrected chi connectivity index (χ4v) is 5.95. The second-order valence-corrected chi connectivity index (χ2v) is 11.3. The molecule has 39 heavy (non-hydrogen) atoms. The van der Waals surface area contributed by atoms with Crippen molar-refractivity contribution < 1.29 is 22.7 Å². The Balaban J connectivity index is 2.06. The number of ether oxygens (including phenoxy) is 1. The van der Waals surface area contributed by atoms with Crippen molar-refractivity contribution in [1.29, 1.82) is 0 Å². The second-order valence-electron chi connectivity index (χ2n) is 8.55. The summed E-state index contributed by atoms with van der Waals surface area (Å²) in [6, 6.07) is 18.3. The van der Waals surface area contributed by atoms with Gasteiger partial charge in [0.2, 0.25) is 11.8 Å². The van der Waals surface area contributed by atoms with Gasteiger partial charge in [-0.05, 0) is 67.4 Å². The Kier molecular flexibility index (Phi) is 10.6. The van der Waals surface area contributed by atoms with Gasteiger partial charge in [0.1, 0.15) is 18.3 Å². The molecule has 208 valence electrons. The topological polar surface area (TPSA) is 96.0 Å². The minimum atomic E-state index is -4.15. The molecule has 0 fully saturated rings. The van der Waals surface area contributed by atoms with Crippen LogP contribution in [0.5, 0.6) is 5.75 Å². The molecule has 2 amide bonds. The fourth-order valence-electron chi connectivity index (χ4n) is 4.04. The molecule has 11 heteroatoms. The Morgan fingerprint density at radius 1 is 0.974 bits per heavy atom. The van der Waals surface area contributed by atoms with E-state index in [1.54, 1.807) is 67.6 Å². The highest BCUT2D eigenvalue weighted by molar-refractivity contribution is 7.92. The molecule has 8 nitrogen and oxygen atoms in total. The van der Waals surface area contributed by atoms with Crippen LogP contribution in [0.3, 0.4) is 0 Å². The first-order valence-electron chi connectivity index (χ1n) is 12.4. The first-order chi connectivity index (χ1) is 18.6. The van der Waals surface area contributed by atoms with E-state index in [-0.39, 0.29) is 23.0 Å². The van der Waals surface area contributed by atoms with E-state index in [0.29, 0.717) is 34.4 Å². The molecular formula is C28H31Cl2N3O5S. The number of likely N-dealkylation sites (N-methyl/N-ethyl adjacent to an activating group) is 1. The zero-order chi connectivity index (χ0) is 28.6. The van der Waals surface area contributed by atoms with Crippen molar-refractivity contribution >= 4 is 50.7 Å². The van der Waals surface area contributed by atoms with E-state index >= 15 is 0 Å². The zero-order valence-electron chi connectivity index (χ0n) is 21.9. The molecule has 0 spiro atoms. The second kappa shape index (κ2) is 13.7. The quantitative estimate of drug-likeness (QED) is 0.314. The number of hydrogen-bond acceptors (Lipinski definition) is 5. The molecule has 0 saturated carbocycles. The van der Waals surface area contributed by atoms with Gasteiger partial charge in [-0.15, -0.1) is 0 Å². The predicted octanol–water partition coefficient (Wildman–Crippen LogP) is 5.14. The van der Waals surface area contributed by atoms with Crippen LogP contribution in [-0.2, 0) is 26.2 Å². The number of amides is 2. The zero-order valence-corrected chi connectivity index (χ0v) is 24.3. The molecule has 0 aliphatic carbocycles. The van der Waals surface area contributed by atoms with Crippen molar-refractivity contribution in [1.82, 2.24) is 10.2 Å². The third kappa shape index (κ3) is 7.44. The Morgan fingerprint density at radius 3 is 2.21 bits per heavy atom. The summed E-state index contributed by atoms with van der Waals surface area (Å²) in [6.07, 6.45) is 0.297. The average Bonchev–Trinajstić information content (AvgIpc) is 2.93. The summed E-state index contributed by atoms with van der Waals surface area (Å²) < 4.78 is 34.1. The van der Waals surface area contributed by atoms with Crippen molar-refractivity contribution in [3.05, 3.63) is 88.4 Å². The third-order valence-corrected chi connectivity index (χ3v) is 8.41. The maximum absolute atomic E-state index is 13.9. The molecule has 1 N–H and O–H groups in total. The normalized spacial score (nSPS) is 11.9. The lowest BCUT2D eigenvalue weighted by Gasteiger charge is -2.33. The van der Waals surface area contributed by atoms with E-state index in [9.17, 15) is 18.0 Å². The van der Waals surface area contributed by atoms with E-state index in [0.717, 1.165) is 4.31 Å². The van der Waals surface area contributed by atoms with Crippen molar-refractivity contribution in [2.45, 2.75) is 37.8 Å². The summed E-state index contributed by atoms with van der Waals surface area (Å²) in [7, 11) is -2.67. The number of carbonyl (C=O) groups is 2. The largest absolute Gasteiger partial charge is 0.494 e. The van der Waals surface area contributed by atoms with Gasteiger partial charge in [-0.3, -0.25) is 13.9 Å². The number of sulfonamides is 1. The van der Waals surface area contributed by atoms with Crippen LogP contribution in [0.2, 0.25) is 10.0 Å². The van der Waals surface area contributed by atoms with Crippen LogP contribution < -0.4 is 14.4 Å². The summed E-state index contributed by atoms with van der Waals surface area (Å²) in [5.74, 6) is -0.395. The van der Waals surface area contributed by atoms with Crippen LogP contribution in [0, 0.1) is 0 Å². The first kappa shape index (κ1) is 30.3. The van der Waals surface area contributed by atoms with Gasteiger partial charge in [0.05, 0.1) is 17.2 Å². The number of nitrogens with zero attached hydrogens (tertiary/aromatic N) is 2. The molecule has 0 unspecified atom stereocenters. The van der Waals surface area contributed by atoms with E-state index in [2.05, 4.69) is 5.32 Å². The number of anilines is 1. The average molecular weight is 593 g/mol. The Morgan fingerprint density at radius 2 is 1.64 bits per heavy atom. The number of nitrogens with one attached hydrogen (secondary N) is 1. The SMILES string of the molecule is CCOc1ccc(N(CC(=O)N(Cc2ccc(Cl)cc2Cl)[C@@H](CC)C(=O)NC)S(=O)(=O)c2ccccc2)cc1. The summed E-state index contributed by atoms with van der Waals surface area (Å²) in [4.78, 5) is 28.1. The van der Waals surface area contributed by atoms with E-state index in [1.165, 1.54) is 24.1 Å². The molecule has 3 aromatic carbocycles. The van der Waals surface area contributed by atoms with E-state index in [1.807, 2.05) is 6.92 Å². The van der Waals surface area contributed by atoms with Crippen LogP contribution in [-0.4, -0.2) is 51.4 Å². The standard InChI is InChI=1S/C28H31Cl2N3O5S/c1-4-26(28(35)31-3)32(18-20-11-12-21(29)17-25(20)30)27(34)19-33(22-13-15-23(16-14-22)38-5-2)39(36,37)24-9-7-6-8-10-24/h6-17,26H,4-5,18-19H2,1-3H3,(H,31,35)/t26-/m0/s1. The van der Waals surface area contributed by atoms with Gasteiger partial charge in [-0.1, -0.05) is 54.4 Å². The number of benzene rings is 3. The van der Waals surface area contributed by atoms with Gasteiger partial charge >= 0.3 is 0 Å². The van der Waals surface area contributed by atoms with Gasteiger partial charge in [-0.2, -0.15) is 0 Å². The molecule has 0 aromatic heterocycles. The molecule has 0 radical (unpaired) electrons. The molecule has 3 rings (SSSR count). The maximum atomic E-state index is 13.9. The Hall–Kier alpha value is -3.27. The van der Waals surface area contributed by atoms with Crippen molar-refractivity contribution in [3.8, 4) is 5.75 Å². The van der Waals surface area contributed by atoms with Crippen molar-refractivity contribution in [2.75, 3.05) is 24.5 Å². The van der Waals surface area contributed by atoms with Crippen LogP contribution >= 0.6 is 23.2 Å². The molecule has 0 saturated heterocycles. The number of rotatable bonds is 12. The molecule has 1 atom stereocenters. The summed E-state index contributed by atoms with van der Waals surface area (Å²) >= 11 is 12.4. The molecule has 0 heterocycles. The lowest BCUT2D eigenvalue weighted by atomic mass is 10.1. The Labute approximate surface area is 239 Å². The fraction of sp³-hybridized carbons (Fsp3) is 0.286. The third-order valence-electron chi connectivity index (χ3n) is 6.03. The molecule has 0 aliphatic heterocycles. The predicted molar refractivity (Wildman–Crippen MR) is 154 cm³/mol. The Bertz CT molecular complexity index is 1390. The molecule has 3 aromatic rings. The highest BCUT2D eigenvalue weighted by Crippen LogP contribution is 2.28. The lowest BCUT2D eigenvalue weighted by Crippen LogP contribution is -2.51. The summed E-state index contributed by atoms with van der Waals surface area (Å²) in [6.45, 7) is 3.49. The number of hydrogen-bond donors (Lipinski definition) is 1. The van der Waals surface area contributed by atoms with Gasteiger partial charge in [0.25, 0.3) is 10.0 Å². The maximum Gasteiger partial charge on any atom is 0.264 e. The summed E-state index contributed by atoms with van der Waals surface area (Å²) in [5.41, 5.74) is 0.837.